The first kappa shape index (κ1) is 11.7. The van der Waals surface area contributed by atoms with E-state index in [2.05, 4.69) is 0 Å². The van der Waals surface area contributed by atoms with Crippen LogP contribution in [0.25, 0.3) is 0 Å². The van der Waals surface area contributed by atoms with Crippen LogP contribution in [-0.4, -0.2) is 5.91 Å². The van der Waals surface area contributed by atoms with Crippen LogP contribution < -0.4 is 5.73 Å². The fraction of sp³-hybridized carbons (Fsp3) is 0.417. The molecule has 1 aliphatic carbocycles. The van der Waals surface area contributed by atoms with E-state index in [0.717, 1.165) is 24.8 Å². The molecule has 2 atom stereocenters. The summed E-state index contributed by atoms with van der Waals surface area (Å²) in [5, 5.41) is 1.08. The molecule has 0 bridgehead atoms. The van der Waals surface area contributed by atoms with Crippen molar-refractivity contribution in [3.8, 4) is 0 Å². The molecule has 16 heavy (non-hydrogen) atoms. The second kappa shape index (κ2) is 4.64. The molecule has 1 amide bonds. The number of benzene rings is 1. The smallest absolute Gasteiger partial charge is 0.221 e. The van der Waals surface area contributed by atoms with Crippen molar-refractivity contribution < 1.29 is 4.79 Å². The molecule has 1 fully saturated rings. The Labute approximate surface area is 105 Å². The van der Waals surface area contributed by atoms with E-state index in [1.165, 1.54) is 0 Å². The molecule has 1 aromatic carbocycles. The molecule has 0 spiro atoms. The van der Waals surface area contributed by atoms with Crippen molar-refractivity contribution >= 4 is 29.1 Å². The van der Waals surface area contributed by atoms with Gasteiger partial charge in [0.1, 0.15) is 0 Å². The van der Waals surface area contributed by atoms with Crippen molar-refractivity contribution in [3.63, 3.8) is 0 Å². The van der Waals surface area contributed by atoms with Crippen LogP contribution in [0.15, 0.2) is 18.2 Å². The number of carbonyl (C=O) groups excluding carboxylic acids is 1. The highest BCUT2D eigenvalue weighted by atomic mass is 35.5. The molecule has 86 valence electrons. The molecular formula is C12H13Cl2NO. The van der Waals surface area contributed by atoms with Crippen LogP contribution in [-0.2, 0) is 4.79 Å². The number of primary amides is 1. The highest BCUT2D eigenvalue weighted by molar-refractivity contribution is 6.42. The Morgan fingerprint density at radius 1 is 1.25 bits per heavy atom. The topological polar surface area (TPSA) is 43.1 Å². The van der Waals surface area contributed by atoms with Crippen molar-refractivity contribution in [3.05, 3.63) is 33.8 Å². The number of carbonyl (C=O) groups is 1. The van der Waals surface area contributed by atoms with Crippen LogP contribution >= 0.6 is 23.2 Å². The molecule has 2 rings (SSSR count). The fourth-order valence-electron chi connectivity index (χ4n) is 2.44. The average molecular weight is 258 g/mol. The van der Waals surface area contributed by atoms with Crippen molar-refractivity contribution in [2.24, 2.45) is 11.7 Å². The van der Waals surface area contributed by atoms with Gasteiger partial charge in [-0.2, -0.15) is 0 Å². The first-order valence-corrected chi connectivity index (χ1v) is 6.09. The lowest BCUT2D eigenvalue weighted by Crippen LogP contribution is -2.25. The van der Waals surface area contributed by atoms with Gasteiger partial charge in [-0.25, -0.2) is 0 Å². The minimum Gasteiger partial charge on any atom is -0.369 e. The summed E-state index contributed by atoms with van der Waals surface area (Å²) < 4.78 is 0. The number of rotatable bonds is 2. The normalized spacial score (nSPS) is 24.6. The van der Waals surface area contributed by atoms with Gasteiger partial charge in [-0.3, -0.25) is 4.79 Å². The van der Waals surface area contributed by atoms with Gasteiger partial charge in [0, 0.05) is 5.92 Å². The Morgan fingerprint density at radius 2 is 2.00 bits per heavy atom. The summed E-state index contributed by atoms with van der Waals surface area (Å²) in [6, 6.07) is 5.55. The van der Waals surface area contributed by atoms with Crippen LogP contribution in [0, 0.1) is 5.92 Å². The Bertz CT molecular complexity index is 419. The minimum absolute atomic E-state index is 0.0581. The van der Waals surface area contributed by atoms with Crippen molar-refractivity contribution in [2.45, 2.75) is 25.2 Å². The number of hydrogen-bond acceptors (Lipinski definition) is 1. The summed E-state index contributed by atoms with van der Waals surface area (Å²) in [5.74, 6) is -0.0712. The van der Waals surface area contributed by atoms with E-state index in [9.17, 15) is 4.79 Å². The zero-order valence-electron chi connectivity index (χ0n) is 8.75. The fourth-order valence-corrected chi connectivity index (χ4v) is 2.75. The van der Waals surface area contributed by atoms with Crippen LogP contribution in [0.3, 0.4) is 0 Å². The monoisotopic (exact) mass is 257 g/mol. The first-order chi connectivity index (χ1) is 7.59. The van der Waals surface area contributed by atoms with E-state index < -0.39 is 0 Å². The minimum atomic E-state index is -0.214. The molecular weight excluding hydrogens is 245 g/mol. The number of amides is 1. The summed E-state index contributed by atoms with van der Waals surface area (Å²) in [7, 11) is 0. The second-order valence-corrected chi connectivity index (χ2v) is 5.03. The van der Waals surface area contributed by atoms with Crippen molar-refractivity contribution in [2.75, 3.05) is 0 Å². The standard InChI is InChI=1S/C12H13Cl2NO/c13-10-5-4-7(6-11(10)14)8-2-1-3-9(8)12(15)16/h4-6,8-9H,1-3H2,(H2,15,16)/t8?,9-/m1/s1. The maximum atomic E-state index is 11.3. The molecule has 1 aliphatic rings. The third-order valence-corrected chi connectivity index (χ3v) is 3.99. The van der Waals surface area contributed by atoms with Gasteiger partial charge in [-0.1, -0.05) is 35.7 Å². The Hall–Kier alpha value is -0.730. The summed E-state index contributed by atoms with van der Waals surface area (Å²) in [5.41, 5.74) is 6.46. The Balaban J connectivity index is 2.29. The molecule has 2 N–H and O–H groups in total. The van der Waals surface area contributed by atoms with Gasteiger partial charge in [0.25, 0.3) is 0 Å². The molecule has 2 nitrogen and oxygen atoms in total. The maximum absolute atomic E-state index is 11.3. The quantitative estimate of drug-likeness (QED) is 0.868. The molecule has 0 heterocycles. The van der Waals surface area contributed by atoms with Gasteiger partial charge in [0.2, 0.25) is 5.91 Å². The maximum Gasteiger partial charge on any atom is 0.221 e. The molecule has 0 aliphatic heterocycles. The van der Waals surface area contributed by atoms with E-state index in [1.54, 1.807) is 6.07 Å². The summed E-state index contributed by atoms with van der Waals surface area (Å²) in [6.45, 7) is 0. The average Bonchev–Trinajstić information content (AvgIpc) is 2.71. The zero-order valence-corrected chi connectivity index (χ0v) is 10.3. The van der Waals surface area contributed by atoms with E-state index >= 15 is 0 Å². The first-order valence-electron chi connectivity index (χ1n) is 5.34. The SMILES string of the molecule is NC(=O)[C@@H]1CCCC1c1ccc(Cl)c(Cl)c1. The predicted octanol–water partition coefficient (Wildman–Crippen LogP) is 3.36. The van der Waals surface area contributed by atoms with E-state index in [-0.39, 0.29) is 17.7 Å². The molecule has 0 aromatic heterocycles. The third-order valence-electron chi connectivity index (χ3n) is 3.25. The van der Waals surface area contributed by atoms with Crippen LogP contribution in [0.4, 0.5) is 0 Å². The molecule has 4 heteroatoms. The Morgan fingerprint density at radius 3 is 2.62 bits per heavy atom. The van der Waals surface area contributed by atoms with E-state index in [1.807, 2.05) is 12.1 Å². The lowest BCUT2D eigenvalue weighted by molar-refractivity contribution is -0.122. The molecule has 0 radical (unpaired) electrons. The predicted molar refractivity (Wildman–Crippen MR) is 65.7 cm³/mol. The van der Waals surface area contributed by atoms with Gasteiger partial charge >= 0.3 is 0 Å². The van der Waals surface area contributed by atoms with Crippen molar-refractivity contribution in [1.29, 1.82) is 0 Å². The second-order valence-electron chi connectivity index (χ2n) is 4.22. The number of halogens is 2. The van der Waals surface area contributed by atoms with Crippen LogP contribution in [0.2, 0.25) is 10.0 Å². The van der Waals surface area contributed by atoms with Gasteiger partial charge < -0.3 is 5.73 Å². The summed E-state index contributed by atoms with van der Waals surface area (Å²) >= 11 is 11.8. The number of hydrogen-bond donors (Lipinski definition) is 1. The van der Waals surface area contributed by atoms with E-state index in [4.69, 9.17) is 28.9 Å². The van der Waals surface area contributed by atoms with E-state index in [0.29, 0.717) is 10.0 Å². The highest BCUT2D eigenvalue weighted by Gasteiger charge is 2.32. The highest BCUT2D eigenvalue weighted by Crippen LogP contribution is 2.40. The van der Waals surface area contributed by atoms with Gasteiger partial charge in [-0.15, -0.1) is 0 Å². The van der Waals surface area contributed by atoms with Crippen molar-refractivity contribution in [1.82, 2.24) is 0 Å². The summed E-state index contributed by atoms with van der Waals surface area (Å²) in [4.78, 5) is 11.3. The van der Waals surface area contributed by atoms with Gasteiger partial charge in [0.15, 0.2) is 0 Å². The molecule has 1 unspecified atom stereocenters. The van der Waals surface area contributed by atoms with Gasteiger partial charge in [-0.05, 0) is 36.5 Å². The summed E-state index contributed by atoms with van der Waals surface area (Å²) in [6.07, 6.45) is 2.91. The largest absolute Gasteiger partial charge is 0.369 e. The number of nitrogens with two attached hydrogens (primary N) is 1. The Kier molecular flexibility index (Phi) is 3.41. The van der Waals surface area contributed by atoms with Crippen LogP contribution in [0.1, 0.15) is 30.7 Å². The molecule has 0 saturated heterocycles. The van der Waals surface area contributed by atoms with Crippen LogP contribution in [0.5, 0.6) is 0 Å². The lowest BCUT2D eigenvalue weighted by Gasteiger charge is -2.17. The van der Waals surface area contributed by atoms with Gasteiger partial charge in [0.05, 0.1) is 10.0 Å². The molecule has 1 saturated carbocycles. The zero-order chi connectivity index (χ0) is 11.7. The lowest BCUT2D eigenvalue weighted by atomic mass is 9.88. The molecule has 1 aromatic rings. The third kappa shape index (κ3) is 2.18.